The molecule has 0 fully saturated rings. The molecule has 1 rings (SSSR count). The number of hydrogen-bond donors (Lipinski definition) is 1. The lowest BCUT2D eigenvalue weighted by molar-refractivity contribution is 0.207. The van der Waals surface area contributed by atoms with Gasteiger partial charge in [-0.25, -0.2) is 0 Å². The minimum atomic E-state index is 0. The molecular weight excluding hydrogens is 433 g/mol. The number of aliphatic imine (C=N–C) groups is 1. The van der Waals surface area contributed by atoms with Crippen LogP contribution < -0.4 is 5.32 Å². The third kappa shape index (κ3) is 6.90. The highest BCUT2D eigenvalue weighted by atomic mass is 127. The second-order valence-corrected chi connectivity index (χ2v) is 5.03. The largest absolute Gasteiger partial charge is 0.383 e. The van der Waals surface area contributed by atoms with Gasteiger partial charge in [-0.05, 0) is 18.6 Å². The third-order valence-electron chi connectivity index (χ3n) is 2.62. The highest BCUT2D eigenvalue weighted by Crippen LogP contribution is 2.17. The Kier molecular flexibility index (Phi) is 11.1. The van der Waals surface area contributed by atoms with Gasteiger partial charge in [-0.3, -0.25) is 4.99 Å². The molecule has 0 radical (unpaired) electrons. The minimum absolute atomic E-state index is 0. The van der Waals surface area contributed by atoms with Gasteiger partial charge >= 0.3 is 0 Å². The van der Waals surface area contributed by atoms with Crippen LogP contribution in [0.3, 0.4) is 0 Å². The molecule has 0 saturated carbocycles. The van der Waals surface area contributed by atoms with Crippen molar-refractivity contribution in [1.82, 2.24) is 10.2 Å². The molecule has 0 unspecified atom stereocenters. The van der Waals surface area contributed by atoms with Crippen LogP contribution in [-0.4, -0.2) is 44.7 Å². The van der Waals surface area contributed by atoms with Crippen LogP contribution in [-0.2, 0) is 11.3 Å². The van der Waals surface area contributed by atoms with Crippen molar-refractivity contribution in [1.29, 1.82) is 0 Å². The lowest BCUT2D eigenvalue weighted by atomic mass is 10.2. The molecule has 4 nitrogen and oxygen atoms in total. The fourth-order valence-electron chi connectivity index (χ4n) is 1.67. The average molecular weight is 456 g/mol. The topological polar surface area (TPSA) is 36.9 Å². The van der Waals surface area contributed by atoms with E-state index in [1.807, 2.05) is 19.2 Å². The van der Waals surface area contributed by atoms with Crippen LogP contribution in [0, 0.1) is 0 Å². The molecule has 0 spiro atoms. The SMILES string of the molecule is CCNC(=NCCOC)N(C)Cc1ccccc1Br.I. The third-order valence-corrected chi connectivity index (χ3v) is 3.39. The lowest BCUT2D eigenvalue weighted by Crippen LogP contribution is -2.38. The van der Waals surface area contributed by atoms with Crippen LogP contribution in [0.1, 0.15) is 12.5 Å². The van der Waals surface area contributed by atoms with Crippen molar-refractivity contribution in [3.05, 3.63) is 34.3 Å². The van der Waals surface area contributed by atoms with Crippen LogP contribution in [0.25, 0.3) is 0 Å². The van der Waals surface area contributed by atoms with Gasteiger partial charge in [0.05, 0.1) is 13.2 Å². The maximum absolute atomic E-state index is 5.03. The summed E-state index contributed by atoms with van der Waals surface area (Å²) in [5.41, 5.74) is 1.24. The van der Waals surface area contributed by atoms with Gasteiger partial charge in [-0.2, -0.15) is 0 Å². The van der Waals surface area contributed by atoms with Crippen LogP contribution in [0.2, 0.25) is 0 Å². The smallest absolute Gasteiger partial charge is 0.194 e. The Labute approximate surface area is 147 Å². The van der Waals surface area contributed by atoms with E-state index in [1.54, 1.807) is 7.11 Å². The van der Waals surface area contributed by atoms with E-state index >= 15 is 0 Å². The summed E-state index contributed by atoms with van der Waals surface area (Å²) in [6.45, 7) is 5.03. The zero-order valence-corrected chi connectivity index (χ0v) is 16.1. The molecular formula is C14H23BrIN3O. The summed E-state index contributed by atoms with van der Waals surface area (Å²) in [6, 6.07) is 8.23. The fourth-order valence-corrected chi connectivity index (χ4v) is 2.08. The predicted molar refractivity (Wildman–Crippen MR) is 98.9 cm³/mol. The number of guanidine groups is 1. The Morgan fingerprint density at radius 2 is 2.10 bits per heavy atom. The second-order valence-electron chi connectivity index (χ2n) is 4.18. The molecule has 0 saturated heterocycles. The molecule has 0 aliphatic heterocycles. The molecule has 0 bridgehead atoms. The van der Waals surface area contributed by atoms with Gasteiger partial charge in [-0.1, -0.05) is 34.1 Å². The van der Waals surface area contributed by atoms with Gasteiger partial charge in [0.25, 0.3) is 0 Å². The number of benzene rings is 1. The Morgan fingerprint density at radius 1 is 1.40 bits per heavy atom. The summed E-state index contributed by atoms with van der Waals surface area (Å²) in [7, 11) is 3.72. The van der Waals surface area contributed by atoms with Crippen molar-refractivity contribution in [3.63, 3.8) is 0 Å². The maximum Gasteiger partial charge on any atom is 0.194 e. The van der Waals surface area contributed by atoms with E-state index < -0.39 is 0 Å². The van der Waals surface area contributed by atoms with E-state index in [-0.39, 0.29) is 24.0 Å². The quantitative estimate of drug-likeness (QED) is 0.310. The molecule has 1 aromatic carbocycles. The van der Waals surface area contributed by atoms with Crippen molar-refractivity contribution in [2.75, 3.05) is 33.9 Å². The van der Waals surface area contributed by atoms with Gasteiger partial charge in [0.2, 0.25) is 0 Å². The molecule has 20 heavy (non-hydrogen) atoms. The number of halogens is 2. The van der Waals surface area contributed by atoms with Crippen molar-refractivity contribution >= 4 is 45.9 Å². The fraction of sp³-hybridized carbons (Fsp3) is 0.500. The molecule has 0 amide bonds. The zero-order valence-electron chi connectivity index (χ0n) is 12.2. The monoisotopic (exact) mass is 455 g/mol. The molecule has 114 valence electrons. The summed E-state index contributed by atoms with van der Waals surface area (Å²) in [5.74, 6) is 0.898. The molecule has 0 aromatic heterocycles. The Hall–Kier alpha value is -0.340. The Morgan fingerprint density at radius 3 is 2.70 bits per heavy atom. The van der Waals surface area contributed by atoms with Crippen molar-refractivity contribution in [2.24, 2.45) is 4.99 Å². The number of methoxy groups -OCH3 is 1. The van der Waals surface area contributed by atoms with Crippen molar-refractivity contribution in [3.8, 4) is 0 Å². The van der Waals surface area contributed by atoms with Crippen LogP contribution in [0.4, 0.5) is 0 Å². The minimum Gasteiger partial charge on any atom is -0.383 e. The first-order valence-corrected chi connectivity index (χ1v) is 7.20. The lowest BCUT2D eigenvalue weighted by Gasteiger charge is -2.22. The van der Waals surface area contributed by atoms with E-state index in [0.717, 1.165) is 23.5 Å². The standard InChI is InChI=1S/C14H22BrN3O.HI/c1-4-16-14(17-9-10-19-3)18(2)11-12-7-5-6-8-13(12)15;/h5-8H,4,9-11H2,1-3H3,(H,16,17);1H. The van der Waals surface area contributed by atoms with Gasteiger partial charge in [0.15, 0.2) is 5.96 Å². The van der Waals surface area contributed by atoms with E-state index in [9.17, 15) is 0 Å². The predicted octanol–water partition coefficient (Wildman–Crippen LogP) is 3.11. The van der Waals surface area contributed by atoms with E-state index in [4.69, 9.17) is 4.74 Å². The molecule has 6 heteroatoms. The highest BCUT2D eigenvalue weighted by molar-refractivity contribution is 14.0. The summed E-state index contributed by atoms with van der Waals surface area (Å²) >= 11 is 3.57. The van der Waals surface area contributed by atoms with Gasteiger partial charge in [0, 0.05) is 31.7 Å². The van der Waals surface area contributed by atoms with Gasteiger partial charge < -0.3 is 15.0 Å². The summed E-state index contributed by atoms with van der Waals surface area (Å²) in [5, 5.41) is 3.29. The molecule has 0 atom stereocenters. The molecule has 1 aromatic rings. The van der Waals surface area contributed by atoms with E-state index in [0.29, 0.717) is 13.2 Å². The Balaban J connectivity index is 0.00000361. The first-order valence-electron chi connectivity index (χ1n) is 6.40. The summed E-state index contributed by atoms with van der Waals surface area (Å²) in [6.07, 6.45) is 0. The number of nitrogens with one attached hydrogen (secondary N) is 1. The van der Waals surface area contributed by atoms with Gasteiger partial charge in [0.1, 0.15) is 0 Å². The number of hydrogen-bond acceptors (Lipinski definition) is 2. The first-order chi connectivity index (χ1) is 9.19. The molecule has 1 N–H and O–H groups in total. The van der Waals surface area contributed by atoms with E-state index in [2.05, 4.69) is 50.2 Å². The van der Waals surface area contributed by atoms with Crippen molar-refractivity contribution < 1.29 is 4.74 Å². The molecule has 0 aliphatic carbocycles. The van der Waals surface area contributed by atoms with Crippen LogP contribution >= 0.6 is 39.9 Å². The normalized spacial score (nSPS) is 10.9. The van der Waals surface area contributed by atoms with Crippen molar-refractivity contribution in [2.45, 2.75) is 13.5 Å². The summed E-state index contributed by atoms with van der Waals surface area (Å²) < 4.78 is 6.15. The Bertz CT molecular complexity index is 415. The van der Waals surface area contributed by atoms with Gasteiger partial charge in [-0.15, -0.1) is 24.0 Å². The van der Waals surface area contributed by atoms with Crippen LogP contribution in [0.15, 0.2) is 33.7 Å². The molecule has 0 aliphatic rings. The molecule has 0 heterocycles. The average Bonchev–Trinajstić information content (AvgIpc) is 2.40. The first kappa shape index (κ1) is 19.7. The number of nitrogens with zero attached hydrogens (tertiary/aromatic N) is 2. The van der Waals surface area contributed by atoms with Crippen LogP contribution in [0.5, 0.6) is 0 Å². The van der Waals surface area contributed by atoms with E-state index in [1.165, 1.54) is 5.56 Å². The summed E-state index contributed by atoms with van der Waals surface area (Å²) in [4.78, 5) is 6.63. The number of rotatable bonds is 6. The highest BCUT2D eigenvalue weighted by Gasteiger charge is 2.07. The number of ether oxygens (including phenoxy) is 1. The maximum atomic E-state index is 5.03. The second kappa shape index (κ2) is 11.3. The zero-order chi connectivity index (χ0) is 14.1.